The van der Waals surface area contributed by atoms with Crippen LogP contribution >= 0.6 is 0 Å². The van der Waals surface area contributed by atoms with Gasteiger partial charge in [-0.3, -0.25) is 4.90 Å². The number of hydrogen-bond donors (Lipinski definition) is 1. The molecule has 1 aliphatic heterocycles. The van der Waals surface area contributed by atoms with Crippen molar-refractivity contribution in [2.24, 2.45) is 0 Å². The highest BCUT2D eigenvalue weighted by atomic mass is 15.2. The first-order valence-corrected chi connectivity index (χ1v) is 7.32. The first-order chi connectivity index (χ1) is 8.77. The van der Waals surface area contributed by atoms with Gasteiger partial charge in [-0.05, 0) is 45.4 Å². The molecule has 2 unspecified atom stereocenters. The number of likely N-dealkylation sites (tertiary alicyclic amines) is 1. The summed E-state index contributed by atoms with van der Waals surface area (Å²) in [6.45, 7) is 7.02. The van der Waals surface area contributed by atoms with Gasteiger partial charge in [-0.2, -0.15) is 0 Å². The summed E-state index contributed by atoms with van der Waals surface area (Å²) < 4.78 is 0. The highest BCUT2D eigenvalue weighted by Crippen LogP contribution is 2.19. The fraction of sp³-hybridized carbons (Fsp3) is 0.625. The Kier molecular flexibility index (Phi) is 5.06. The van der Waals surface area contributed by atoms with Crippen molar-refractivity contribution < 1.29 is 0 Å². The quantitative estimate of drug-likeness (QED) is 0.870. The van der Waals surface area contributed by atoms with E-state index in [1.807, 2.05) is 0 Å². The van der Waals surface area contributed by atoms with Gasteiger partial charge >= 0.3 is 0 Å². The molecule has 2 nitrogen and oxygen atoms in total. The molecule has 1 aromatic rings. The third-order valence-electron chi connectivity index (χ3n) is 4.05. The lowest BCUT2D eigenvalue weighted by molar-refractivity contribution is 0.164. The van der Waals surface area contributed by atoms with Gasteiger partial charge in [-0.15, -0.1) is 0 Å². The summed E-state index contributed by atoms with van der Waals surface area (Å²) in [5.41, 5.74) is 1.23. The lowest BCUT2D eigenvalue weighted by Gasteiger charge is -2.33. The summed E-state index contributed by atoms with van der Waals surface area (Å²) in [7, 11) is 0. The summed E-state index contributed by atoms with van der Waals surface area (Å²) in [5.74, 6) is 0. The number of hydrogen-bond acceptors (Lipinski definition) is 2. The van der Waals surface area contributed by atoms with E-state index in [1.165, 1.54) is 37.9 Å². The van der Waals surface area contributed by atoms with Crippen molar-refractivity contribution in [1.82, 2.24) is 4.90 Å². The van der Waals surface area contributed by atoms with Crippen molar-refractivity contribution in [3.63, 3.8) is 0 Å². The third-order valence-corrected chi connectivity index (χ3v) is 4.05. The SMILES string of the molecule is CC1CCCCCN1C(C)CNc1ccccc1. The van der Waals surface area contributed by atoms with Crippen molar-refractivity contribution >= 4 is 5.69 Å². The second kappa shape index (κ2) is 6.79. The first kappa shape index (κ1) is 13.4. The summed E-state index contributed by atoms with van der Waals surface area (Å²) in [6, 6.07) is 11.9. The molecular weight excluding hydrogens is 220 g/mol. The summed E-state index contributed by atoms with van der Waals surface area (Å²) in [4.78, 5) is 2.67. The lowest BCUT2D eigenvalue weighted by atomic mass is 10.1. The standard InChI is InChI=1S/C16H26N2/c1-14-9-5-4-8-12-18(14)15(2)13-17-16-10-6-3-7-11-16/h3,6-7,10-11,14-15,17H,4-5,8-9,12-13H2,1-2H3. The van der Waals surface area contributed by atoms with E-state index in [9.17, 15) is 0 Å². The lowest BCUT2D eigenvalue weighted by Crippen LogP contribution is -2.43. The van der Waals surface area contributed by atoms with Gasteiger partial charge in [0.25, 0.3) is 0 Å². The van der Waals surface area contributed by atoms with E-state index in [4.69, 9.17) is 0 Å². The fourth-order valence-corrected chi connectivity index (χ4v) is 2.89. The number of nitrogens with zero attached hydrogens (tertiary/aromatic N) is 1. The van der Waals surface area contributed by atoms with Crippen molar-refractivity contribution in [3.05, 3.63) is 30.3 Å². The van der Waals surface area contributed by atoms with Gasteiger partial charge in [0.2, 0.25) is 0 Å². The summed E-state index contributed by atoms with van der Waals surface area (Å²) >= 11 is 0. The molecule has 0 radical (unpaired) electrons. The van der Waals surface area contributed by atoms with Gasteiger partial charge in [-0.25, -0.2) is 0 Å². The Morgan fingerprint density at radius 2 is 2.00 bits per heavy atom. The Balaban J connectivity index is 1.84. The molecule has 0 saturated carbocycles. The van der Waals surface area contributed by atoms with Crippen molar-refractivity contribution in [3.8, 4) is 0 Å². The largest absolute Gasteiger partial charge is 0.383 e. The molecule has 0 bridgehead atoms. The monoisotopic (exact) mass is 246 g/mol. The van der Waals surface area contributed by atoms with E-state index in [0.29, 0.717) is 6.04 Å². The molecule has 0 aromatic heterocycles. The molecule has 1 N–H and O–H groups in total. The van der Waals surface area contributed by atoms with Crippen LogP contribution in [-0.4, -0.2) is 30.1 Å². The van der Waals surface area contributed by atoms with Crippen LogP contribution in [0.1, 0.15) is 39.5 Å². The van der Waals surface area contributed by atoms with Crippen LogP contribution in [0.5, 0.6) is 0 Å². The van der Waals surface area contributed by atoms with Crippen molar-refractivity contribution in [2.75, 3.05) is 18.4 Å². The Morgan fingerprint density at radius 3 is 2.78 bits per heavy atom. The number of nitrogens with one attached hydrogen (secondary N) is 1. The molecule has 1 aromatic carbocycles. The molecule has 1 heterocycles. The summed E-state index contributed by atoms with van der Waals surface area (Å²) in [5, 5.41) is 3.54. The molecule has 100 valence electrons. The molecule has 1 aliphatic rings. The van der Waals surface area contributed by atoms with Crippen LogP contribution in [0.3, 0.4) is 0 Å². The third kappa shape index (κ3) is 3.74. The van der Waals surface area contributed by atoms with Crippen molar-refractivity contribution in [1.29, 1.82) is 0 Å². The van der Waals surface area contributed by atoms with Gasteiger partial charge < -0.3 is 5.32 Å². The number of anilines is 1. The average molecular weight is 246 g/mol. The normalized spacial score (nSPS) is 23.3. The van der Waals surface area contributed by atoms with Gasteiger partial charge in [0.1, 0.15) is 0 Å². The second-order valence-electron chi connectivity index (χ2n) is 5.53. The van der Waals surface area contributed by atoms with Crippen LogP contribution in [-0.2, 0) is 0 Å². The van der Waals surface area contributed by atoms with E-state index in [-0.39, 0.29) is 0 Å². The Bertz CT molecular complexity index is 336. The van der Waals surface area contributed by atoms with Crippen LogP contribution in [0.2, 0.25) is 0 Å². The molecule has 1 fully saturated rings. The van der Waals surface area contributed by atoms with Crippen molar-refractivity contribution in [2.45, 2.75) is 51.6 Å². The maximum absolute atomic E-state index is 3.54. The number of para-hydroxylation sites is 1. The molecule has 2 rings (SSSR count). The molecule has 1 saturated heterocycles. The van der Waals surface area contributed by atoms with Gasteiger partial charge in [-0.1, -0.05) is 31.0 Å². The van der Waals surface area contributed by atoms with Crippen LogP contribution in [0.4, 0.5) is 5.69 Å². The Labute approximate surface area is 111 Å². The van der Waals surface area contributed by atoms with Gasteiger partial charge in [0.15, 0.2) is 0 Å². The van der Waals surface area contributed by atoms with Crippen LogP contribution < -0.4 is 5.32 Å². The predicted octanol–water partition coefficient (Wildman–Crippen LogP) is 3.75. The Morgan fingerprint density at radius 1 is 1.22 bits per heavy atom. The maximum Gasteiger partial charge on any atom is 0.0340 e. The molecular formula is C16H26N2. The van der Waals surface area contributed by atoms with Crippen LogP contribution in [0.15, 0.2) is 30.3 Å². The second-order valence-corrected chi connectivity index (χ2v) is 5.53. The minimum Gasteiger partial charge on any atom is -0.383 e. The molecule has 0 aliphatic carbocycles. The van der Waals surface area contributed by atoms with E-state index in [2.05, 4.69) is 54.4 Å². The molecule has 18 heavy (non-hydrogen) atoms. The zero-order valence-corrected chi connectivity index (χ0v) is 11.7. The van der Waals surface area contributed by atoms with Gasteiger partial charge in [0, 0.05) is 24.3 Å². The fourth-order valence-electron chi connectivity index (χ4n) is 2.89. The topological polar surface area (TPSA) is 15.3 Å². The predicted molar refractivity (Wildman–Crippen MR) is 79.0 cm³/mol. The molecule has 2 heteroatoms. The summed E-state index contributed by atoms with van der Waals surface area (Å²) in [6.07, 6.45) is 5.52. The highest BCUT2D eigenvalue weighted by molar-refractivity contribution is 5.42. The van der Waals surface area contributed by atoms with E-state index < -0.39 is 0 Å². The van der Waals surface area contributed by atoms with E-state index >= 15 is 0 Å². The van der Waals surface area contributed by atoms with Crippen LogP contribution in [0.25, 0.3) is 0 Å². The molecule has 0 spiro atoms. The smallest absolute Gasteiger partial charge is 0.0340 e. The average Bonchev–Trinajstić information content (AvgIpc) is 2.62. The number of rotatable bonds is 4. The van der Waals surface area contributed by atoms with E-state index in [0.717, 1.165) is 12.6 Å². The van der Waals surface area contributed by atoms with Crippen LogP contribution in [0, 0.1) is 0 Å². The maximum atomic E-state index is 3.54. The Hall–Kier alpha value is -1.02. The van der Waals surface area contributed by atoms with E-state index in [1.54, 1.807) is 0 Å². The minimum absolute atomic E-state index is 0.610. The molecule has 2 atom stereocenters. The zero-order valence-electron chi connectivity index (χ0n) is 11.7. The molecule has 0 amide bonds. The minimum atomic E-state index is 0.610. The first-order valence-electron chi connectivity index (χ1n) is 7.32. The zero-order chi connectivity index (χ0) is 12.8. The van der Waals surface area contributed by atoms with Gasteiger partial charge in [0.05, 0.1) is 0 Å². The number of benzene rings is 1. The highest BCUT2D eigenvalue weighted by Gasteiger charge is 2.21.